The van der Waals surface area contributed by atoms with Crippen molar-refractivity contribution in [2.75, 3.05) is 11.1 Å². The molecule has 4 rings (SSSR count). The zero-order valence-corrected chi connectivity index (χ0v) is 18.2. The van der Waals surface area contributed by atoms with E-state index in [9.17, 15) is 4.79 Å². The Labute approximate surface area is 181 Å². The van der Waals surface area contributed by atoms with E-state index in [1.54, 1.807) is 11.8 Å². The second-order valence-corrected chi connectivity index (χ2v) is 9.17. The van der Waals surface area contributed by atoms with Gasteiger partial charge in [-0.15, -0.1) is 10.2 Å². The van der Waals surface area contributed by atoms with Crippen molar-refractivity contribution in [1.29, 1.82) is 0 Å². The van der Waals surface area contributed by atoms with E-state index in [0.717, 1.165) is 37.8 Å². The third-order valence-electron chi connectivity index (χ3n) is 4.36. The van der Waals surface area contributed by atoms with Gasteiger partial charge in [0.25, 0.3) is 5.91 Å². The number of hydrogen-bond donors (Lipinski definition) is 1. The fourth-order valence-electron chi connectivity index (χ4n) is 3.12. The number of para-hydroxylation sites is 1. The van der Waals surface area contributed by atoms with Crippen LogP contribution in [0.15, 0.2) is 52.9 Å². The van der Waals surface area contributed by atoms with E-state index < -0.39 is 0 Å². The van der Waals surface area contributed by atoms with Crippen LogP contribution in [0.4, 0.5) is 5.13 Å². The monoisotopic (exact) mass is 440 g/mol. The van der Waals surface area contributed by atoms with E-state index in [1.807, 2.05) is 62.4 Å². The third-order valence-corrected chi connectivity index (χ3v) is 6.44. The number of pyridine rings is 1. The van der Waals surface area contributed by atoms with Crippen molar-refractivity contribution in [2.45, 2.75) is 18.2 Å². The first-order chi connectivity index (χ1) is 14.1. The average molecular weight is 441 g/mol. The van der Waals surface area contributed by atoms with Crippen LogP contribution in [-0.4, -0.2) is 26.8 Å². The number of thioether (sulfide) groups is 1. The van der Waals surface area contributed by atoms with Gasteiger partial charge in [0, 0.05) is 16.0 Å². The lowest BCUT2D eigenvalue weighted by Crippen LogP contribution is -2.15. The lowest BCUT2D eigenvalue weighted by molar-refractivity contribution is 0.102. The fraction of sp³-hybridized carbons (Fsp3) is 0.143. The molecular formula is C21H17ClN4OS2. The van der Waals surface area contributed by atoms with Gasteiger partial charge in [-0.1, -0.05) is 72.0 Å². The Hall–Kier alpha value is -2.48. The van der Waals surface area contributed by atoms with E-state index in [2.05, 4.69) is 15.5 Å². The summed E-state index contributed by atoms with van der Waals surface area (Å²) in [6, 6.07) is 15.1. The Kier molecular flexibility index (Phi) is 5.80. The summed E-state index contributed by atoms with van der Waals surface area (Å²) in [4.78, 5) is 18.0. The maximum atomic E-state index is 13.2. The SMILES string of the molecule is CCSc1nnc(NC(=O)c2c(C)c(-c3cccc(Cl)c3)nc3ccccc23)s1. The van der Waals surface area contributed by atoms with Crippen LogP contribution in [0.3, 0.4) is 0 Å². The van der Waals surface area contributed by atoms with Crippen LogP contribution in [0.1, 0.15) is 22.8 Å². The Morgan fingerprint density at radius 3 is 2.79 bits per heavy atom. The molecular weight excluding hydrogens is 424 g/mol. The zero-order chi connectivity index (χ0) is 20.4. The normalized spacial score (nSPS) is 11.0. The van der Waals surface area contributed by atoms with Gasteiger partial charge >= 0.3 is 0 Å². The van der Waals surface area contributed by atoms with Crippen molar-refractivity contribution in [2.24, 2.45) is 0 Å². The van der Waals surface area contributed by atoms with Crippen LogP contribution in [0.25, 0.3) is 22.2 Å². The number of carbonyl (C=O) groups is 1. The fourth-order valence-corrected chi connectivity index (χ4v) is 4.95. The molecule has 0 unspecified atom stereocenters. The number of amides is 1. The van der Waals surface area contributed by atoms with Crippen molar-refractivity contribution in [3.63, 3.8) is 0 Å². The van der Waals surface area contributed by atoms with Crippen molar-refractivity contribution in [1.82, 2.24) is 15.2 Å². The maximum absolute atomic E-state index is 13.2. The number of halogens is 1. The Morgan fingerprint density at radius 1 is 1.17 bits per heavy atom. The summed E-state index contributed by atoms with van der Waals surface area (Å²) in [5.74, 6) is 0.674. The second kappa shape index (κ2) is 8.49. The molecule has 0 saturated carbocycles. The number of benzene rings is 2. The Balaban J connectivity index is 1.81. The number of aromatic nitrogens is 3. The smallest absolute Gasteiger partial charge is 0.258 e. The largest absolute Gasteiger partial charge is 0.296 e. The molecule has 0 aliphatic carbocycles. The highest BCUT2D eigenvalue weighted by atomic mass is 35.5. The highest BCUT2D eigenvalue weighted by molar-refractivity contribution is 8.01. The summed E-state index contributed by atoms with van der Waals surface area (Å²) in [5, 5.41) is 13.0. The summed E-state index contributed by atoms with van der Waals surface area (Å²) in [6.45, 7) is 3.96. The van der Waals surface area contributed by atoms with Crippen LogP contribution >= 0.6 is 34.7 Å². The van der Waals surface area contributed by atoms with Gasteiger partial charge in [0.2, 0.25) is 5.13 Å². The molecule has 0 radical (unpaired) electrons. The van der Waals surface area contributed by atoms with Crippen molar-refractivity contribution in [3.8, 4) is 11.3 Å². The van der Waals surface area contributed by atoms with Gasteiger partial charge < -0.3 is 0 Å². The molecule has 1 amide bonds. The molecule has 146 valence electrons. The molecule has 29 heavy (non-hydrogen) atoms. The number of nitrogens with zero attached hydrogens (tertiary/aromatic N) is 3. The van der Waals surface area contributed by atoms with Crippen LogP contribution in [0.2, 0.25) is 5.02 Å². The standard InChI is InChI=1S/C21H17ClN4OS2/c1-3-28-21-26-25-20(29-21)24-19(27)17-12(2)18(13-7-6-8-14(22)11-13)23-16-10-5-4-9-15(16)17/h4-11H,3H2,1-2H3,(H,24,25,27). The molecule has 0 saturated heterocycles. The number of hydrogen-bond acceptors (Lipinski definition) is 6. The van der Waals surface area contributed by atoms with Crippen molar-refractivity contribution >= 4 is 56.6 Å². The molecule has 0 atom stereocenters. The van der Waals surface area contributed by atoms with E-state index >= 15 is 0 Å². The minimum Gasteiger partial charge on any atom is -0.296 e. The molecule has 1 N–H and O–H groups in total. The second-order valence-electron chi connectivity index (χ2n) is 6.25. The molecule has 2 aromatic carbocycles. The quantitative estimate of drug-likeness (QED) is 0.301. The summed E-state index contributed by atoms with van der Waals surface area (Å²) in [7, 11) is 0. The predicted octanol–water partition coefficient (Wildman–Crippen LogP) is 6.08. The number of anilines is 1. The van der Waals surface area contributed by atoms with Gasteiger partial charge in [-0.05, 0) is 36.4 Å². The summed E-state index contributed by atoms with van der Waals surface area (Å²) in [6.07, 6.45) is 0. The van der Waals surface area contributed by atoms with Crippen LogP contribution in [-0.2, 0) is 0 Å². The van der Waals surface area contributed by atoms with E-state index in [0.29, 0.717) is 15.7 Å². The van der Waals surface area contributed by atoms with Gasteiger partial charge in [0.15, 0.2) is 4.34 Å². The molecule has 2 heterocycles. The Bertz CT molecular complexity index is 1210. The summed E-state index contributed by atoms with van der Waals surface area (Å²) in [5.41, 5.74) is 3.71. The summed E-state index contributed by atoms with van der Waals surface area (Å²) >= 11 is 9.15. The van der Waals surface area contributed by atoms with Crippen molar-refractivity contribution < 1.29 is 4.79 Å². The van der Waals surface area contributed by atoms with Crippen LogP contribution in [0.5, 0.6) is 0 Å². The lowest BCUT2D eigenvalue weighted by atomic mass is 9.97. The Morgan fingerprint density at radius 2 is 2.00 bits per heavy atom. The molecule has 5 nitrogen and oxygen atoms in total. The van der Waals surface area contributed by atoms with E-state index in [4.69, 9.17) is 16.6 Å². The third kappa shape index (κ3) is 4.12. The van der Waals surface area contributed by atoms with Crippen molar-refractivity contribution in [3.05, 3.63) is 64.7 Å². The predicted molar refractivity (Wildman–Crippen MR) is 121 cm³/mol. The molecule has 0 aliphatic heterocycles. The van der Waals surface area contributed by atoms with E-state index in [1.165, 1.54) is 11.3 Å². The zero-order valence-electron chi connectivity index (χ0n) is 15.8. The number of nitrogens with one attached hydrogen (secondary N) is 1. The highest BCUT2D eigenvalue weighted by Gasteiger charge is 2.20. The first-order valence-electron chi connectivity index (χ1n) is 8.99. The minimum atomic E-state index is -0.228. The van der Waals surface area contributed by atoms with Gasteiger partial charge in [-0.2, -0.15) is 0 Å². The topological polar surface area (TPSA) is 67.8 Å². The molecule has 0 spiro atoms. The average Bonchev–Trinajstić information content (AvgIpc) is 3.14. The van der Waals surface area contributed by atoms with Gasteiger partial charge in [0.1, 0.15) is 0 Å². The van der Waals surface area contributed by atoms with E-state index in [-0.39, 0.29) is 5.91 Å². The van der Waals surface area contributed by atoms with Gasteiger partial charge in [0.05, 0.1) is 16.8 Å². The van der Waals surface area contributed by atoms with Crippen LogP contribution in [0, 0.1) is 6.92 Å². The molecule has 4 aromatic rings. The first kappa shape index (κ1) is 19.8. The number of carbonyl (C=O) groups excluding carboxylic acids is 1. The van der Waals surface area contributed by atoms with Crippen LogP contribution < -0.4 is 5.32 Å². The summed E-state index contributed by atoms with van der Waals surface area (Å²) < 4.78 is 0.832. The molecule has 2 aromatic heterocycles. The number of rotatable bonds is 5. The lowest BCUT2D eigenvalue weighted by Gasteiger charge is -2.14. The van der Waals surface area contributed by atoms with Gasteiger partial charge in [-0.3, -0.25) is 10.1 Å². The molecule has 0 bridgehead atoms. The molecule has 8 heteroatoms. The minimum absolute atomic E-state index is 0.228. The maximum Gasteiger partial charge on any atom is 0.258 e. The first-order valence-corrected chi connectivity index (χ1v) is 11.2. The molecule has 0 aliphatic rings. The van der Waals surface area contributed by atoms with Gasteiger partial charge in [-0.25, -0.2) is 4.98 Å². The number of fused-ring (bicyclic) bond motifs is 1. The highest BCUT2D eigenvalue weighted by Crippen LogP contribution is 2.32. The molecule has 0 fully saturated rings.